The van der Waals surface area contributed by atoms with Gasteiger partial charge >= 0.3 is 0 Å². The lowest BCUT2D eigenvalue weighted by molar-refractivity contribution is 0.105. The number of nitrogens with two attached hydrogens (primary N) is 1. The number of hydroxylamine groups is 1. The van der Waals surface area contributed by atoms with Crippen molar-refractivity contribution in [3.05, 3.63) is 71.4 Å². The Hall–Kier alpha value is -2.30. The van der Waals surface area contributed by atoms with E-state index in [9.17, 15) is 0 Å². The lowest BCUT2D eigenvalue weighted by Gasteiger charge is -2.39. The first-order chi connectivity index (χ1) is 12.8. The van der Waals surface area contributed by atoms with Gasteiger partial charge in [0.05, 0.1) is 24.9 Å². The van der Waals surface area contributed by atoms with Crippen LogP contribution in [0.25, 0.3) is 0 Å². The van der Waals surface area contributed by atoms with E-state index in [0.717, 1.165) is 36.3 Å². The normalized spacial score (nSPS) is 19.1. The molecule has 1 atom stereocenters. The van der Waals surface area contributed by atoms with Crippen LogP contribution in [0.15, 0.2) is 65.9 Å². The molecule has 0 amide bonds. The molecule has 0 saturated carbocycles. The minimum absolute atomic E-state index is 0.00256. The molecule has 4 rings (SSSR count). The molecule has 2 aromatic rings. The summed E-state index contributed by atoms with van der Waals surface area (Å²) < 4.78 is 5.76. The maximum absolute atomic E-state index is 6.54. The van der Waals surface area contributed by atoms with Gasteiger partial charge in [-0.3, -0.25) is 4.84 Å². The van der Waals surface area contributed by atoms with Crippen molar-refractivity contribution in [3.63, 3.8) is 0 Å². The molecule has 2 N–H and O–H groups in total. The Bertz CT molecular complexity index is 773. The fourth-order valence-corrected chi connectivity index (χ4v) is 3.82. The van der Waals surface area contributed by atoms with E-state index in [1.165, 1.54) is 24.1 Å². The van der Waals surface area contributed by atoms with E-state index in [4.69, 9.17) is 15.3 Å². The van der Waals surface area contributed by atoms with Gasteiger partial charge in [-0.1, -0.05) is 36.4 Å². The maximum Gasteiger partial charge on any atom is 0.119 e. The minimum Gasteiger partial charge on any atom is -0.494 e. The number of anilines is 1. The average molecular weight is 350 g/mol. The summed E-state index contributed by atoms with van der Waals surface area (Å²) in [6, 6.07) is 18.2. The van der Waals surface area contributed by atoms with E-state index in [1.54, 1.807) is 0 Å². The van der Waals surface area contributed by atoms with Crippen molar-refractivity contribution in [2.24, 2.45) is 5.73 Å². The van der Waals surface area contributed by atoms with Gasteiger partial charge < -0.3 is 10.5 Å². The molecule has 0 bridgehead atoms. The van der Waals surface area contributed by atoms with Crippen molar-refractivity contribution in [2.45, 2.75) is 38.1 Å². The number of allylic oxidation sites excluding steroid dienone is 1. The number of para-hydroxylation sites is 2. The second kappa shape index (κ2) is 7.94. The van der Waals surface area contributed by atoms with Crippen molar-refractivity contribution in [2.75, 3.05) is 18.3 Å². The highest BCUT2D eigenvalue weighted by Crippen LogP contribution is 2.44. The van der Waals surface area contributed by atoms with Crippen molar-refractivity contribution < 1.29 is 9.57 Å². The highest BCUT2D eigenvalue weighted by atomic mass is 16.7. The third kappa shape index (κ3) is 3.48. The fraction of sp³-hybridized carbons (Fsp3) is 0.364. The summed E-state index contributed by atoms with van der Waals surface area (Å²) in [5.41, 5.74) is 11.4. The number of nitrogens with zero attached hydrogens (tertiary/aromatic N) is 1. The number of fused-ring (bicyclic) bond motifs is 1. The van der Waals surface area contributed by atoms with Crippen LogP contribution in [0.5, 0.6) is 5.75 Å². The molecule has 1 unspecified atom stereocenters. The number of hydrogen-bond donors (Lipinski definition) is 1. The Morgan fingerprint density at radius 2 is 1.69 bits per heavy atom. The molecule has 0 aromatic heterocycles. The molecule has 2 aliphatic rings. The Labute approximate surface area is 155 Å². The van der Waals surface area contributed by atoms with Crippen LogP contribution >= 0.6 is 0 Å². The molecule has 4 nitrogen and oxygen atoms in total. The molecule has 1 heterocycles. The molecule has 0 fully saturated rings. The molecular weight excluding hydrogens is 324 g/mol. The average Bonchev–Trinajstić information content (AvgIpc) is 2.71. The third-order valence-electron chi connectivity index (χ3n) is 5.11. The molecule has 0 radical (unpaired) electrons. The number of ether oxygens (including phenoxy) is 1. The largest absolute Gasteiger partial charge is 0.494 e. The van der Waals surface area contributed by atoms with Gasteiger partial charge in [0.25, 0.3) is 0 Å². The van der Waals surface area contributed by atoms with Gasteiger partial charge in [-0.2, -0.15) is 0 Å². The van der Waals surface area contributed by atoms with E-state index in [0.29, 0.717) is 13.2 Å². The van der Waals surface area contributed by atoms with Crippen molar-refractivity contribution >= 4 is 5.69 Å². The van der Waals surface area contributed by atoms with Crippen molar-refractivity contribution in [1.82, 2.24) is 0 Å². The highest BCUT2D eigenvalue weighted by Gasteiger charge is 2.32. The van der Waals surface area contributed by atoms with Gasteiger partial charge in [-0.05, 0) is 55.0 Å². The van der Waals surface area contributed by atoms with Crippen LogP contribution < -0.4 is 15.5 Å². The molecule has 136 valence electrons. The quantitative estimate of drug-likeness (QED) is 0.765. The summed E-state index contributed by atoms with van der Waals surface area (Å²) in [5.74, 6) is 0.902. The monoisotopic (exact) mass is 350 g/mol. The number of rotatable bonds is 6. The minimum atomic E-state index is 0.00256. The zero-order chi connectivity index (χ0) is 17.8. The Morgan fingerprint density at radius 3 is 2.58 bits per heavy atom. The summed E-state index contributed by atoms with van der Waals surface area (Å²) in [6.45, 7) is 1.26. The summed E-state index contributed by atoms with van der Waals surface area (Å²) in [6.07, 6.45) is 5.36. The van der Waals surface area contributed by atoms with Gasteiger partial charge in [-0.15, -0.1) is 0 Å². The lowest BCUT2D eigenvalue weighted by atomic mass is 9.84. The topological polar surface area (TPSA) is 47.7 Å². The molecule has 1 aliphatic carbocycles. The van der Waals surface area contributed by atoms with Gasteiger partial charge in [0.1, 0.15) is 5.75 Å². The molecule has 2 aromatic carbocycles. The first-order valence-electron chi connectivity index (χ1n) is 9.52. The predicted octanol–water partition coefficient (Wildman–Crippen LogP) is 4.74. The summed E-state index contributed by atoms with van der Waals surface area (Å²) >= 11 is 0. The Balaban J connectivity index is 1.41. The first kappa shape index (κ1) is 17.1. The molecule has 0 saturated heterocycles. The van der Waals surface area contributed by atoms with Gasteiger partial charge in [-0.25, -0.2) is 5.06 Å². The van der Waals surface area contributed by atoms with E-state index < -0.39 is 0 Å². The van der Waals surface area contributed by atoms with Crippen LogP contribution in [0, 0.1) is 0 Å². The maximum atomic E-state index is 6.54. The first-order valence-corrected chi connectivity index (χ1v) is 9.52. The Morgan fingerprint density at radius 1 is 0.923 bits per heavy atom. The molecule has 4 heteroatoms. The van der Waals surface area contributed by atoms with E-state index in [2.05, 4.69) is 24.3 Å². The zero-order valence-electron chi connectivity index (χ0n) is 15.1. The molecule has 1 aliphatic heterocycles. The van der Waals surface area contributed by atoms with Gasteiger partial charge in [0.2, 0.25) is 0 Å². The summed E-state index contributed by atoms with van der Waals surface area (Å²) in [7, 11) is 0. The standard InChI is InChI=1S/C22H26N2O2/c23-22-18-11-4-6-13-20(18)24(21-14-7-5-12-19(21)22)26-16-8-15-25-17-9-2-1-3-10-17/h1-4,6,9-11,13,22H,5,7-8,12,14-16,23H2. The lowest BCUT2D eigenvalue weighted by Crippen LogP contribution is -2.35. The number of benzene rings is 2. The van der Waals surface area contributed by atoms with Crippen LogP contribution in [-0.2, 0) is 4.84 Å². The van der Waals surface area contributed by atoms with Crippen LogP contribution in [0.3, 0.4) is 0 Å². The highest BCUT2D eigenvalue weighted by molar-refractivity contribution is 5.63. The fourth-order valence-electron chi connectivity index (χ4n) is 3.82. The summed E-state index contributed by atoms with van der Waals surface area (Å²) in [5, 5.41) is 2.04. The van der Waals surface area contributed by atoms with E-state index in [-0.39, 0.29) is 6.04 Å². The van der Waals surface area contributed by atoms with Crippen molar-refractivity contribution in [3.8, 4) is 5.75 Å². The molecular formula is C22H26N2O2. The SMILES string of the molecule is NC1C2=C(CCCC2)N(OCCCOc2ccccc2)c2ccccc21. The predicted molar refractivity (Wildman–Crippen MR) is 104 cm³/mol. The second-order valence-electron chi connectivity index (χ2n) is 6.86. The summed E-state index contributed by atoms with van der Waals surface area (Å²) in [4.78, 5) is 6.21. The van der Waals surface area contributed by atoms with Gasteiger partial charge in [0, 0.05) is 12.1 Å². The van der Waals surface area contributed by atoms with E-state index in [1.807, 2.05) is 35.4 Å². The van der Waals surface area contributed by atoms with Crippen LogP contribution in [0.4, 0.5) is 5.69 Å². The zero-order valence-corrected chi connectivity index (χ0v) is 15.1. The molecule has 0 spiro atoms. The molecule has 26 heavy (non-hydrogen) atoms. The van der Waals surface area contributed by atoms with Crippen LogP contribution in [0.2, 0.25) is 0 Å². The Kier molecular flexibility index (Phi) is 5.23. The van der Waals surface area contributed by atoms with Crippen molar-refractivity contribution in [1.29, 1.82) is 0 Å². The second-order valence-corrected chi connectivity index (χ2v) is 6.86. The van der Waals surface area contributed by atoms with Crippen LogP contribution in [0.1, 0.15) is 43.7 Å². The van der Waals surface area contributed by atoms with Crippen LogP contribution in [-0.4, -0.2) is 13.2 Å². The van der Waals surface area contributed by atoms with Gasteiger partial charge in [0.15, 0.2) is 0 Å². The number of hydrogen-bond acceptors (Lipinski definition) is 4. The van der Waals surface area contributed by atoms with E-state index >= 15 is 0 Å². The third-order valence-corrected chi connectivity index (χ3v) is 5.11. The smallest absolute Gasteiger partial charge is 0.119 e.